The van der Waals surface area contributed by atoms with Crippen molar-refractivity contribution in [3.05, 3.63) is 46.3 Å². The Balaban J connectivity index is 0.00000122. The van der Waals surface area contributed by atoms with Gasteiger partial charge in [-0.2, -0.15) is 22.8 Å². The van der Waals surface area contributed by atoms with Crippen molar-refractivity contribution < 1.29 is 27.2 Å². The molecule has 2 rings (SSSR count). The summed E-state index contributed by atoms with van der Waals surface area (Å²) in [6.07, 6.45) is -3.35. The lowest BCUT2D eigenvalue weighted by Gasteiger charge is -2.28. The molecule has 0 radical (unpaired) electrons. The Hall–Kier alpha value is -2.18. The smallest absolute Gasteiger partial charge is 0.287 e. The van der Waals surface area contributed by atoms with Gasteiger partial charge in [-0.15, -0.1) is 0 Å². The number of rotatable bonds is 5. The maximum absolute atomic E-state index is 14.5. The molecule has 0 bridgehead atoms. The van der Waals surface area contributed by atoms with Crippen LogP contribution in [-0.4, -0.2) is 21.9 Å². The molecule has 0 atom stereocenters. The number of imidazole rings is 1. The van der Waals surface area contributed by atoms with Crippen molar-refractivity contribution in [1.29, 1.82) is 0 Å². The highest BCUT2D eigenvalue weighted by molar-refractivity contribution is 6.30. The Morgan fingerprint density at radius 3 is 2.14 bits per heavy atom. The van der Waals surface area contributed by atoms with E-state index in [9.17, 15) is 17.6 Å². The highest BCUT2D eigenvalue weighted by atomic mass is 35.5. The molecule has 0 aliphatic rings. The summed E-state index contributed by atoms with van der Waals surface area (Å²) in [7, 11) is 0. The molecule has 0 aliphatic heterocycles. The summed E-state index contributed by atoms with van der Waals surface area (Å²) in [5.74, 6) is 0.00399. The second-order valence-corrected chi connectivity index (χ2v) is 7.08. The first kappa shape index (κ1) is 23.9. The van der Waals surface area contributed by atoms with Crippen LogP contribution in [0, 0.1) is 11.2 Å². The van der Waals surface area contributed by atoms with Gasteiger partial charge in [-0.05, 0) is 30.5 Å². The lowest BCUT2D eigenvalue weighted by molar-refractivity contribution is -0.211. The minimum Gasteiger partial charge on any atom is -0.287 e. The molecule has 2 aromatic rings. The van der Waals surface area contributed by atoms with E-state index in [0.29, 0.717) is 35.2 Å². The summed E-state index contributed by atoms with van der Waals surface area (Å²) < 4.78 is 55.2. The highest BCUT2D eigenvalue weighted by Crippen LogP contribution is 2.40. The van der Waals surface area contributed by atoms with Crippen LogP contribution in [0.4, 0.5) is 17.6 Å². The fourth-order valence-electron chi connectivity index (χ4n) is 2.61. The number of aryl methyl sites for hydroxylation is 2. The molecule has 1 heterocycles. The topological polar surface area (TPSA) is 52.0 Å². The van der Waals surface area contributed by atoms with Gasteiger partial charge in [-0.3, -0.25) is 4.57 Å². The Labute approximate surface area is 165 Å². The largest absolute Gasteiger partial charge is 0.394 e. The minimum absolute atomic E-state index is 0.0241. The van der Waals surface area contributed by atoms with Crippen LogP contribution in [-0.2, 0) is 28.9 Å². The van der Waals surface area contributed by atoms with Crippen molar-refractivity contribution in [3.63, 3.8) is 0 Å². The van der Waals surface area contributed by atoms with E-state index in [-0.39, 0.29) is 11.7 Å². The molecule has 0 aliphatic carbocycles. The molecule has 0 unspecified atom stereocenters. The Bertz CT molecular complexity index is 854. The maximum Gasteiger partial charge on any atom is 0.394 e. The van der Waals surface area contributed by atoms with Crippen molar-refractivity contribution in [2.75, 3.05) is 0 Å². The normalized spacial score (nSPS) is 11.6. The van der Waals surface area contributed by atoms with Gasteiger partial charge in [0, 0.05) is 6.42 Å². The van der Waals surface area contributed by atoms with Crippen LogP contribution in [0.25, 0.3) is 5.69 Å². The van der Waals surface area contributed by atoms with Crippen molar-refractivity contribution >= 4 is 17.8 Å². The predicted molar refractivity (Wildman–Crippen MR) is 95.8 cm³/mol. The van der Waals surface area contributed by atoms with Crippen LogP contribution in [0.1, 0.15) is 44.8 Å². The standard InChI is InChI=1S/C18H21ClF4N2.CO2/c1-5-14-16(19)25(15(6-2)24-14)12-8-7-11(13(20)9-12)10-17(3,4)18(21,22)23;2-1-3/h7-9H,5-6,10H2,1-4H3;. The number of hydrogen-bond acceptors (Lipinski definition) is 3. The summed E-state index contributed by atoms with van der Waals surface area (Å²) in [6, 6.07) is 4.19. The summed E-state index contributed by atoms with van der Waals surface area (Å²) >= 11 is 6.33. The molecular weight excluding hydrogens is 400 g/mol. The van der Waals surface area contributed by atoms with Gasteiger partial charge in [0.1, 0.15) is 16.8 Å². The number of halogens is 5. The van der Waals surface area contributed by atoms with Crippen LogP contribution in [0.15, 0.2) is 18.2 Å². The predicted octanol–water partition coefficient (Wildman–Crippen LogP) is 5.34. The van der Waals surface area contributed by atoms with Gasteiger partial charge in [-0.1, -0.05) is 45.4 Å². The lowest BCUT2D eigenvalue weighted by atomic mass is 9.85. The fraction of sp³-hybridized carbons (Fsp3) is 0.474. The van der Waals surface area contributed by atoms with E-state index in [4.69, 9.17) is 21.2 Å². The molecule has 0 N–H and O–H groups in total. The number of nitrogens with zero attached hydrogens (tertiary/aromatic N) is 2. The fourth-order valence-corrected chi connectivity index (χ4v) is 2.98. The highest BCUT2D eigenvalue weighted by Gasteiger charge is 2.47. The molecule has 9 heteroatoms. The maximum atomic E-state index is 14.5. The quantitative estimate of drug-likeness (QED) is 0.614. The molecule has 1 aromatic heterocycles. The van der Waals surface area contributed by atoms with Gasteiger partial charge in [0.25, 0.3) is 0 Å². The molecular formula is C19H21ClF4N2O2. The molecule has 0 fully saturated rings. The van der Waals surface area contributed by atoms with Crippen LogP contribution >= 0.6 is 11.6 Å². The van der Waals surface area contributed by atoms with Crippen LogP contribution in [0.2, 0.25) is 5.15 Å². The Kier molecular flexibility index (Phi) is 7.96. The summed E-state index contributed by atoms with van der Waals surface area (Å²) in [4.78, 5) is 20.7. The summed E-state index contributed by atoms with van der Waals surface area (Å²) in [5.41, 5.74) is -0.816. The monoisotopic (exact) mass is 420 g/mol. The number of alkyl halides is 3. The number of hydrogen-bond donors (Lipinski definition) is 0. The van der Waals surface area contributed by atoms with Gasteiger partial charge in [0.2, 0.25) is 0 Å². The van der Waals surface area contributed by atoms with Gasteiger partial charge in [-0.25, -0.2) is 9.37 Å². The number of carbonyl (C=O) groups excluding carboxylic acids is 2. The van der Waals surface area contributed by atoms with E-state index >= 15 is 0 Å². The first-order valence-electron chi connectivity index (χ1n) is 8.54. The first-order valence-corrected chi connectivity index (χ1v) is 8.92. The minimum atomic E-state index is -4.41. The van der Waals surface area contributed by atoms with Gasteiger partial charge in [0.05, 0.1) is 16.8 Å². The van der Waals surface area contributed by atoms with E-state index in [0.717, 1.165) is 13.8 Å². The zero-order valence-corrected chi connectivity index (χ0v) is 16.7. The van der Waals surface area contributed by atoms with Crippen LogP contribution in [0.3, 0.4) is 0 Å². The molecule has 0 saturated carbocycles. The van der Waals surface area contributed by atoms with Crippen molar-refractivity contribution in [1.82, 2.24) is 9.55 Å². The van der Waals surface area contributed by atoms with Gasteiger partial charge in [0.15, 0.2) is 0 Å². The van der Waals surface area contributed by atoms with Gasteiger partial charge < -0.3 is 0 Å². The molecule has 28 heavy (non-hydrogen) atoms. The van der Waals surface area contributed by atoms with Crippen LogP contribution in [0.5, 0.6) is 0 Å². The molecule has 4 nitrogen and oxygen atoms in total. The summed E-state index contributed by atoms with van der Waals surface area (Å²) in [5, 5.41) is 0.405. The average Bonchev–Trinajstić information content (AvgIpc) is 2.92. The first-order chi connectivity index (χ1) is 12.9. The van der Waals surface area contributed by atoms with Crippen molar-refractivity contribution in [2.24, 2.45) is 5.41 Å². The van der Waals surface area contributed by atoms with E-state index in [1.54, 1.807) is 10.6 Å². The third kappa shape index (κ3) is 5.20. The molecule has 1 aromatic carbocycles. The molecule has 0 saturated heterocycles. The molecule has 0 spiro atoms. The van der Waals surface area contributed by atoms with E-state index in [1.807, 2.05) is 13.8 Å². The number of benzene rings is 1. The van der Waals surface area contributed by atoms with E-state index < -0.39 is 23.8 Å². The van der Waals surface area contributed by atoms with Crippen molar-refractivity contribution in [3.8, 4) is 5.69 Å². The summed E-state index contributed by atoms with van der Waals surface area (Å²) in [6.45, 7) is 5.96. The second kappa shape index (κ2) is 9.34. The number of aromatic nitrogens is 2. The zero-order valence-electron chi connectivity index (χ0n) is 16.0. The SMILES string of the molecule is CCc1nc(CC)n(-c2ccc(CC(C)(C)C(F)(F)F)c(F)c2)c1Cl.O=C=O. The lowest BCUT2D eigenvalue weighted by Crippen LogP contribution is -2.34. The van der Waals surface area contributed by atoms with Crippen molar-refractivity contribution in [2.45, 2.75) is 53.1 Å². The molecule has 0 amide bonds. The zero-order chi connectivity index (χ0) is 21.7. The Morgan fingerprint density at radius 1 is 1.14 bits per heavy atom. The Morgan fingerprint density at radius 2 is 1.71 bits per heavy atom. The second-order valence-electron chi connectivity index (χ2n) is 6.73. The molecule has 154 valence electrons. The van der Waals surface area contributed by atoms with E-state index in [1.165, 1.54) is 12.1 Å². The third-order valence-electron chi connectivity index (χ3n) is 4.30. The van der Waals surface area contributed by atoms with E-state index in [2.05, 4.69) is 4.98 Å². The van der Waals surface area contributed by atoms with Crippen LogP contribution < -0.4 is 0 Å². The third-order valence-corrected chi connectivity index (χ3v) is 4.69. The average molecular weight is 421 g/mol. The van der Waals surface area contributed by atoms with Gasteiger partial charge >= 0.3 is 12.3 Å².